The normalized spacial score (nSPS) is 19.1. The molecule has 3 amide bonds. The number of ether oxygens (including phenoxy) is 1. The summed E-state index contributed by atoms with van der Waals surface area (Å²) in [6, 6.07) is 18.1. The Morgan fingerprint density at radius 1 is 0.857 bits per heavy atom. The average Bonchev–Trinajstić information content (AvgIpc) is 3.11. The maximum Gasteiger partial charge on any atom is 0.262 e. The van der Waals surface area contributed by atoms with Gasteiger partial charge in [-0.25, -0.2) is 0 Å². The molecule has 0 aromatic heterocycles. The van der Waals surface area contributed by atoms with Gasteiger partial charge in [0.25, 0.3) is 17.7 Å². The number of fused-ring (bicyclic) bond motifs is 1. The van der Waals surface area contributed by atoms with Gasteiger partial charge in [0.05, 0.1) is 23.8 Å². The van der Waals surface area contributed by atoms with Gasteiger partial charge in [-0.2, -0.15) is 0 Å². The fourth-order valence-corrected chi connectivity index (χ4v) is 4.81. The summed E-state index contributed by atoms with van der Waals surface area (Å²) in [7, 11) is 0. The smallest absolute Gasteiger partial charge is 0.262 e. The largest absolute Gasteiger partial charge is 0.494 e. The standard InChI is InChI=1S/C28H25ClN2O4/c1-3-4-15-35-20-13-10-18(11-14-20)24-25(28(34)30(24)19-12-9-17(2)23(29)16-19)31-26(32)21-7-5-6-8-22(21)27(31)33/h5-14,16,24-25H,3-4,15H2,1-2H3/t24-,25+/m0/s1. The van der Waals surface area contributed by atoms with Crippen molar-refractivity contribution in [3.63, 3.8) is 0 Å². The molecule has 178 valence electrons. The van der Waals surface area contributed by atoms with E-state index in [0.717, 1.165) is 34.6 Å². The van der Waals surface area contributed by atoms with Gasteiger partial charge in [0.1, 0.15) is 11.8 Å². The van der Waals surface area contributed by atoms with E-state index in [-0.39, 0.29) is 5.91 Å². The minimum atomic E-state index is -0.950. The molecule has 35 heavy (non-hydrogen) atoms. The molecule has 5 rings (SSSR count). The molecule has 2 aliphatic heterocycles. The highest BCUT2D eigenvalue weighted by atomic mass is 35.5. The Bertz CT molecular complexity index is 1290. The minimum Gasteiger partial charge on any atom is -0.494 e. The molecule has 2 atom stereocenters. The monoisotopic (exact) mass is 488 g/mol. The zero-order chi connectivity index (χ0) is 24.7. The molecular weight excluding hydrogens is 464 g/mol. The third-order valence-electron chi connectivity index (χ3n) is 6.59. The fourth-order valence-electron chi connectivity index (χ4n) is 4.63. The van der Waals surface area contributed by atoms with Gasteiger partial charge in [0.15, 0.2) is 0 Å². The van der Waals surface area contributed by atoms with E-state index in [1.165, 1.54) is 0 Å². The van der Waals surface area contributed by atoms with Crippen LogP contribution in [0.2, 0.25) is 5.02 Å². The molecule has 3 aromatic rings. The number of hydrogen-bond acceptors (Lipinski definition) is 4. The molecule has 0 N–H and O–H groups in total. The van der Waals surface area contributed by atoms with Gasteiger partial charge in [0.2, 0.25) is 0 Å². The van der Waals surface area contributed by atoms with Crippen molar-refractivity contribution in [1.82, 2.24) is 4.90 Å². The highest BCUT2D eigenvalue weighted by Gasteiger charge is 2.57. The van der Waals surface area contributed by atoms with Crippen molar-refractivity contribution in [2.75, 3.05) is 11.5 Å². The second kappa shape index (κ2) is 9.19. The van der Waals surface area contributed by atoms with Crippen LogP contribution in [0.4, 0.5) is 5.69 Å². The van der Waals surface area contributed by atoms with Crippen molar-refractivity contribution in [1.29, 1.82) is 0 Å². The zero-order valence-corrected chi connectivity index (χ0v) is 20.3. The summed E-state index contributed by atoms with van der Waals surface area (Å²) in [6.45, 7) is 4.62. The first kappa shape index (κ1) is 23.1. The van der Waals surface area contributed by atoms with Gasteiger partial charge in [-0.1, -0.05) is 55.3 Å². The number of amides is 3. The summed E-state index contributed by atoms with van der Waals surface area (Å²) < 4.78 is 5.78. The first-order chi connectivity index (χ1) is 16.9. The number of imide groups is 1. The lowest BCUT2D eigenvalue weighted by atomic mass is 9.86. The number of aryl methyl sites for hydroxylation is 1. The molecule has 0 saturated carbocycles. The summed E-state index contributed by atoms with van der Waals surface area (Å²) >= 11 is 6.36. The van der Waals surface area contributed by atoms with Gasteiger partial charge >= 0.3 is 0 Å². The van der Waals surface area contributed by atoms with Gasteiger partial charge < -0.3 is 9.64 Å². The number of hydrogen-bond donors (Lipinski definition) is 0. The SMILES string of the molecule is CCCCOc1ccc([C@H]2[C@@H](N3C(=O)c4ccccc4C3=O)C(=O)N2c2ccc(C)c(Cl)c2)cc1. The number of carbonyl (C=O) groups excluding carboxylic acids is 3. The molecule has 0 bridgehead atoms. The lowest BCUT2D eigenvalue weighted by Gasteiger charge is -2.49. The average molecular weight is 489 g/mol. The van der Waals surface area contributed by atoms with Crippen LogP contribution in [0.5, 0.6) is 5.75 Å². The van der Waals surface area contributed by atoms with E-state index >= 15 is 0 Å². The third-order valence-corrected chi connectivity index (χ3v) is 7.00. The Kier molecular flexibility index (Phi) is 6.07. The third kappa shape index (κ3) is 3.88. The van der Waals surface area contributed by atoms with E-state index in [0.29, 0.717) is 28.4 Å². The van der Waals surface area contributed by atoms with E-state index in [4.69, 9.17) is 16.3 Å². The molecule has 2 heterocycles. The van der Waals surface area contributed by atoms with Crippen molar-refractivity contribution in [2.24, 2.45) is 0 Å². The van der Waals surface area contributed by atoms with E-state index in [1.54, 1.807) is 35.2 Å². The predicted molar refractivity (Wildman–Crippen MR) is 134 cm³/mol. The Labute approximate surface area is 209 Å². The lowest BCUT2D eigenvalue weighted by Crippen LogP contribution is -2.67. The zero-order valence-electron chi connectivity index (χ0n) is 19.5. The summed E-state index contributed by atoms with van der Waals surface area (Å²) in [5, 5.41) is 0.540. The van der Waals surface area contributed by atoms with Crippen molar-refractivity contribution < 1.29 is 19.1 Å². The molecular formula is C28H25ClN2O4. The van der Waals surface area contributed by atoms with Crippen LogP contribution in [-0.2, 0) is 4.79 Å². The Balaban J connectivity index is 1.52. The Hall–Kier alpha value is -3.64. The first-order valence-electron chi connectivity index (χ1n) is 11.7. The molecule has 1 fully saturated rings. The second-order valence-electron chi connectivity index (χ2n) is 8.83. The van der Waals surface area contributed by atoms with Crippen molar-refractivity contribution in [3.8, 4) is 5.75 Å². The Morgan fingerprint density at radius 2 is 1.51 bits per heavy atom. The van der Waals surface area contributed by atoms with Crippen LogP contribution >= 0.6 is 11.6 Å². The summed E-state index contributed by atoms with van der Waals surface area (Å²) in [5.41, 5.74) is 2.95. The molecule has 0 aliphatic carbocycles. The highest BCUT2D eigenvalue weighted by molar-refractivity contribution is 6.32. The van der Waals surface area contributed by atoms with Gasteiger partial charge in [0, 0.05) is 10.7 Å². The summed E-state index contributed by atoms with van der Waals surface area (Å²) in [6.07, 6.45) is 2.00. The molecule has 1 saturated heterocycles. The van der Waals surface area contributed by atoms with Crippen molar-refractivity contribution >= 4 is 35.0 Å². The van der Waals surface area contributed by atoms with Gasteiger partial charge in [-0.3, -0.25) is 19.3 Å². The number of halogens is 1. The predicted octanol–water partition coefficient (Wildman–Crippen LogP) is 5.58. The topological polar surface area (TPSA) is 66.9 Å². The minimum absolute atomic E-state index is 0.320. The molecule has 6 nitrogen and oxygen atoms in total. The molecule has 0 unspecified atom stereocenters. The van der Waals surface area contributed by atoms with Gasteiger partial charge in [-0.05, 0) is 60.9 Å². The molecule has 2 aliphatic rings. The number of benzene rings is 3. The maximum atomic E-state index is 13.5. The van der Waals surface area contributed by atoms with Crippen LogP contribution in [0.3, 0.4) is 0 Å². The number of anilines is 1. The van der Waals surface area contributed by atoms with Crippen molar-refractivity contribution in [3.05, 3.63) is 94.0 Å². The number of rotatable bonds is 7. The van der Waals surface area contributed by atoms with Crippen LogP contribution in [-0.4, -0.2) is 35.3 Å². The van der Waals surface area contributed by atoms with Gasteiger partial charge in [-0.15, -0.1) is 0 Å². The molecule has 0 spiro atoms. The van der Waals surface area contributed by atoms with Crippen LogP contribution < -0.4 is 9.64 Å². The summed E-state index contributed by atoms with van der Waals surface area (Å²) in [4.78, 5) is 42.6. The first-order valence-corrected chi connectivity index (χ1v) is 12.1. The fraction of sp³-hybridized carbons (Fsp3) is 0.250. The number of nitrogens with zero attached hydrogens (tertiary/aromatic N) is 2. The quantitative estimate of drug-likeness (QED) is 0.247. The molecule has 3 aromatic carbocycles. The van der Waals surface area contributed by atoms with E-state index in [2.05, 4.69) is 6.92 Å². The van der Waals surface area contributed by atoms with Crippen LogP contribution in [0, 0.1) is 6.92 Å². The number of carbonyl (C=O) groups is 3. The van der Waals surface area contributed by atoms with Crippen LogP contribution in [0.25, 0.3) is 0 Å². The summed E-state index contributed by atoms with van der Waals surface area (Å²) in [5.74, 6) is -0.493. The Morgan fingerprint density at radius 3 is 2.11 bits per heavy atom. The van der Waals surface area contributed by atoms with Crippen LogP contribution in [0.15, 0.2) is 66.7 Å². The van der Waals surface area contributed by atoms with E-state index in [9.17, 15) is 14.4 Å². The van der Waals surface area contributed by atoms with E-state index in [1.807, 2.05) is 43.3 Å². The van der Waals surface area contributed by atoms with E-state index < -0.39 is 23.9 Å². The van der Waals surface area contributed by atoms with Crippen LogP contribution in [0.1, 0.15) is 57.7 Å². The maximum absolute atomic E-state index is 13.5. The highest BCUT2D eigenvalue weighted by Crippen LogP contribution is 2.45. The lowest BCUT2D eigenvalue weighted by molar-refractivity contribution is -0.130. The molecule has 0 radical (unpaired) electrons. The number of β-lactam (4-membered cyclic amide) rings is 1. The van der Waals surface area contributed by atoms with Crippen molar-refractivity contribution in [2.45, 2.75) is 38.8 Å². The number of unbranched alkanes of at least 4 members (excludes halogenated alkanes) is 1. The second-order valence-corrected chi connectivity index (χ2v) is 9.24. The molecule has 7 heteroatoms.